The standard InChI is InChI=1S/C24H17ClF2N2O3S/c1-13(14-5-3-2-4-6-14)23(30)29-24(31)21-16(26)8-9-18(22(21)27)32-12-20-28-17-11-15(25)7-10-19(17)33-20/h2-11,13H,12H2,1H3,(H,29,30,31). The van der Waals surface area contributed by atoms with Crippen LogP contribution in [0.1, 0.15) is 33.8 Å². The second-order valence-electron chi connectivity index (χ2n) is 7.19. The molecule has 4 rings (SSSR count). The Labute approximate surface area is 197 Å². The van der Waals surface area contributed by atoms with Gasteiger partial charge in [-0.2, -0.15) is 0 Å². The van der Waals surface area contributed by atoms with Gasteiger partial charge < -0.3 is 4.74 Å². The third kappa shape index (κ3) is 5.02. The predicted molar refractivity (Wildman–Crippen MR) is 123 cm³/mol. The SMILES string of the molecule is CC(C(=O)NC(=O)c1c(F)ccc(OCc2nc3cc(Cl)ccc3s2)c1F)c1ccccc1. The number of rotatable bonds is 6. The number of hydrogen-bond donors (Lipinski definition) is 1. The van der Waals surface area contributed by atoms with Gasteiger partial charge in [0.05, 0.1) is 16.1 Å². The van der Waals surface area contributed by atoms with Crippen LogP contribution in [0.2, 0.25) is 5.02 Å². The third-order valence-corrected chi connectivity index (χ3v) is 6.20. The summed E-state index contributed by atoms with van der Waals surface area (Å²) in [5.41, 5.74) is 0.451. The predicted octanol–water partition coefficient (Wildman–Crippen LogP) is 5.87. The van der Waals surface area contributed by atoms with E-state index in [0.717, 1.165) is 16.8 Å². The lowest BCUT2D eigenvalue weighted by molar-refractivity contribution is -0.121. The van der Waals surface area contributed by atoms with Crippen molar-refractivity contribution in [3.8, 4) is 5.75 Å². The van der Waals surface area contributed by atoms with E-state index in [1.54, 1.807) is 49.4 Å². The fourth-order valence-corrected chi connectivity index (χ4v) is 4.21. The van der Waals surface area contributed by atoms with Gasteiger partial charge in [-0.25, -0.2) is 13.8 Å². The highest BCUT2D eigenvalue weighted by Gasteiger charge is 2.25. The van der Waals surface area contributed by atoms with Gasteiger partial charge in [-0.05, 0) is 42.8 Å². The molecular weight excluding hydrogens is 470 g/mol. The number of carbonyl (C=O) groups is 2. The van der Waals surface area contributed by atoms with Gasteiger partial charge in [0.15, 0.2) is 11.6 Å². The number of carbonyl (C=O) groups excluding carboxylic acids is 2. The van der Waals surface area contributed by atoms with Gasteiger partial charge >= 0.3 is 0 Å². The van der Waals surface area contributed by atoms with Crippen molar-refractivity contribution in [2.24, 2.45) is 0 Å². The maximum Gasteiger partial charge on any atom is 0.263 e. The molecule has 1 heterocycles. The summed E-state index contributed by atoms with van der Waals surface area (Å²) in [5, 5.41) is 3.15. The van der Waals surface area contributed by atoms with E-state index < -0.39 is 34.9 Å². The largest absolute Gasteiger partial charge is 0.483 e. The molecule has 0 aliphatic carbocycles. The summed E-state index contributed by atoms with van der Waals surface area (Å²) in [6, 6.07) is 16.0. The molecule has 168 valence electrons. The van der Waals surface area contributed by atoms with Crippen LogP contribution >= 0.6 is 22.9 Å². The summed E-state index contributed by atoms with van der Waals surface area (Å²) < 4.78 is 35.6. The molecule has 9 heteroatoms. The molecular formula is C24H17ClF2N2O3S. The van der Waals surface area contributed by atoms with Gasteiger partial charge in [0.2, 0.25) is 5.91 Å². The smallest absolute Gasteiger partial charge is 0.263 e. The van der Waals surface area contributed by atoms with Crippen LogP contribution in [0.3, 0.4) is 0 Å². The summed E-state index contributed by atoms with van der Waals surface area (Å²) in [6.07, 6.45) is 0. The Hall–Kier alpha value is -3.36. The van der Waals surface area contributed by atoms with Crippen LogP contribution in [-0.2, 0) is 11.4 Å². The summed E-state index contributed by atoms with van der Waals surface area (Å²) in [4.78, 5) is 29.3. The molecule has 5 nitrogen and oxygen atoms in total. The minimum absolute atomic E-state index is 0.0927. The van der Waals surface area contributed by atoms with Crippen LogP contribution in [0.5, 0.6) is 5.75 Å². The van der Waals surface area contributed by atoms with Gasteiger partial charge in [-0.1, -0.05) is 41.9 Å². The number of thiazole rings is 1. The van der Waals surface area contributed by atoms with Crippen molar-refractivity contribution in [2.45, 2.75) is 19.4 Å². The van der Waals surface area contributed by atoms with Crippen LogP contribution in [0, 0.1) is 11.6 Å². The third-order valence-electron chi connectivity index (χ3n) is 4.96. The van der Waals surface area contributed by atoms with Crippen LogP contribution < -0.4 is 10.1 Å². The topological polar surface area (TPSA) is 68.3 Å². The van der Waals surface area contributed by atoms with Crippen molar-refractivity contribution in [3.05, 3.63) is 93.5 Å². The number of amides is 2. The lowest BCUT2D eigenvalue weighted by Gasteiger charge is -2.13. The first-order valence-electron chi connectivity index (χ1n) is 9.89. The van der Waals surface area contributed by atoms with E-state index in [1.165, 1.54) is 11.3 Å². The number of halogens is 3. The molecule has 0 saturated carbocycles. The average molecular weight is 487 g/mol. The van der Waals surface area contributed by atoms with E-state index in [0.29, 0.717) is 21.1 Å². The number of hydrogen-bond acceptors (Lipinski definition) is 5. The van der Waals surface area contributed by atoms with Gasteiger partial charge in [-0.3, -0.25) is 14.9 Å². The number of nitrogens with one attached hydrogen (secondary N) is 1. The number of nitrogens with zero attached hydrogens (tertiary/aromatic N) is 1. The van der Waals surface area contributed by atoms with Gasteiger partial charge in [0.1, 0.15) is 23.0 Å². The molecule has 1 aromatic heterocycles. The average Bonchev–Trinajstić information content (AvgIpc) is 3.20. The zero-order chi connectivity index (χ0) is 23.5. The molecule has 4 aromatic rings. The van der Waals surface area contributed by atoms with Crippen LogP contribution in [0.15, 0.2) is 60.7 Å². The molecule has 1 N–H and O–H groups in total. The molecule has 0 radical (unpaired) electrons. The van der Waals surface area contributed by atoms with Crippen molar-refractivity contribution in [2.75, 3.05) is 0 Å². The molecule has 2 amide bonds. The lowest BCUT2D eigenvalue weighted by Crippen LogP contribution is -2.35. The van der Waals surface area contributed by atoms with Gasteiger partial charge in [-0.15, -0.1) is 11.3 Å². The molecule has 0 spiro atoms. The summed E-state index contributed by atoms with van der Waals surface area (Å²) >= 11 is 7.30. The Kier molecular flexibility index (Phi) is 6.67. The zero-order valence-corrected chi connectivity index (χ0v) is 18.8. The molecule has 0 saturated heterocycles. The minimum atomic E-state index is -1.20. The molecule has 0 fully saturated rings. The molecule has 1 unspecified atom stereocenters. The first kappa shape index (κ1) is 22.8. The Balaban J connectivity index is 1.49. The van der Waals surface area contributed by atoms with Crippen LogP contribution in [0.25, 0.3) is 10.2 Å². The Bertz CT molecular complexity index is 1340. The van der Waals surface area contributed by atoms with E-state index in [-0.39, 0.29) is 12.4 Å². The van der Waals surface area contributed by atoms with Crippen LogP contribution in [0.4, 0.5) is 8.78 Å². The van der Waals surface area contributed by atoms with Gasteiger partial charge in [0, 0.05) is 5.02 Å². The number of benzene rings is 3. The van der Waals surface area contributed by atoms with E-state index in [9.17, 15) is 18.4 Å². The van der Waals surface area contributed by atoms with Gasteiger partial charge in [0.25, 0.3) is 5.91 Å². The minimum Gasteiger partial charge on any atom is -0.483 e. The highest BCUT2D eigenvalue weighted by molar-refractivity contribution is 7.18. The Morgan fingerprint density at radius 3 is 2.64 bits per heavy atom. The van der Waals surface area contributed by atoms with E-state index in [4.69, 9.17) is 16.3 Å². The molecule has 33 heavy (non-hydrogen) atoms. The maximum absolute atomic E-state index is 14.9. The van der Waals surface area contributed by atoms with Crippen molar-refractivity contribution < 1.29 is 23.1 Å². The Morgan fingerprint density at radius 2 is 1.88 bits per heavy atom. The fourth-order valence-electron chi connectivity index (χ4n) is 3.18. The normalized spacial score (nSPS) is 11.9. The first-order valence-corrected chi connectivity index (χ1v) is 11.1. The second-order valence-corrected chi connectivity index (χ2v) is 8.75. The first-order chi connectivity index (χ1) is 15.8. The van der Waals surface area contributed by atoms with Crippen molar-refractivity contribution in [3.63, 3.8) is 0 Å². The second kappa shape index (κ2) is 9.64. The van der Waals surface area contributed by atoms with E-state index in [1.807, 2.05) is 6.07 Å². The number of aromatic nitrogens is 1. The molecule has 3 aromatic carbocycles. The number of ether oxygens (including phenoxy) is 1. The summed E-state index contributed by atoms with van der Waals surface area (Å²) in [5.74, 6) is -5.18. The Morgan fingerprint density at radius 1 is 1.12 bits per heavy atom. The van der Waals surface area contributed by atoms with Crippen molar-refractivity contribution in [1.82, 2.24) is 10.3 Å². The van der Waals surface area contributed by atoms with E-state index in [2.05, 4.69) is 10.3 Å². The molecule has 0 bridgehead atoms. The lowest BCUT2D eigenvalue weighted by atomic mass is 10.0. The van der Waals surface area contributed by atoms with Crippen LogP contribution in [-0.4, -0.2) is 16.8 Å². The van der Waals surface area contributed by atoms with Crippen molar-refractivity contribution >= 4 is 45.0 Å². The van der Waals surface area contributed by atoms with E-state index >= 15 is 0 Å². The zero-order valence-electron chi connectivity index (χ0n) is 17.3. The number of fused-ring (bicyclic) bond motifs is 1. The summed E-state index contributed by atoms with van der Waals surface area (Å²) in [6.45, 7) is 1.50. The monoisotopic (exact) mass is 486 g/mol. The highest BCUT2D eigenvalue weighted by Crippen LogP contribution is 2.28. The molecule has 0 aliphatic heterocycles. The highest BCUT2D eigenvalue weighted by atomic mass is 35.5. The maximum atomic E-state index is 14.9. The molecule has 0 aliphatic rings. The quantitative estimate of drug-likeness (QED) is 0.370. The fraction of sp³-hybridized carbons (Fsp3) is 0.125. The summed E-state index contributed by atoms with van der Waals surface area (Å²) in [7, 11) is 0. The van der Waals surface area contributed by atoms with Crippen molar-refractivity contribution in [1.29, 1.82) is 0 Å². The molecule has 1 atom stereocenters. The number of imide groups is 1.